The minimum absolute atomic E-state index is 0.360. The monoisotopic (exact) mass is 278 g/mol. The molecule has 0 amide bonds. The normalized spacial score (nSPS) is 10.9. The second-order valence-electron chi connectivity index (χ2n) is 5.79. The Bertz CT molecular complexity index is 338. The number of rotatable bonds is 12. The molecule has 0 atom stereocenters. The van der Waals surface area contributed by atoms with Crippen LogP contribution in [0.3, 0.4) is 0 Å². The molecule has 0 saturated carbocycles. The summed E-state index contributed by atoms with van der Waals surface area (Å²) in [5, 5.41) is 8.69. The Morgan fingerprint density at radius 1 is 0.800 bits per heavy atom. The first-order valence-electron chi connectivity index (χ1n) is 8.40. The summed E-state index contributed by atoms with van der Waals surface area (Å²) in [6, 6.07) is 6.40. The van der Waals surface area contributed by atoms with Gasteiger partial charge >= 0.3 is 0 Å². The van der Waals surface area contributed by atoms with E-state index in [9.17, 15) is 0 Å². The highest BCUT2D eigenvalue weighted by Crippen LogP contribution is 2.10. The fraction of sp³-hybridized carbons (Fsp3) is 0.722. The first-order chi connectivity index (χ1) is 9.84. The van der Waals surface area contributed by atoms with Gasteiger partial charge in [0.1, 0.15) is 6.54 Å². The molecule has 0 bridgehead atoms. The van der Waals surface area contributed by atoms with Gasteiger partial charge in [0.05, 0.1) is 0 Å². The number of aliphatic hydroxyl groups excluding tert-OH is 1. The van der Waals surface area contributed by atoms with E-state index in [4.69, 9.17) is 5.11 Å². The van der Waals surface area contributed by atoms with E-state index < -0.39 is 0 Å². The molecule has 0 aliphatic carbocycles. The van der Waals surface area contributed by atoms with E-state index in [-0.39, 0.29) is 0 Å². The van der Waals surface area contributed by atoms with Crippen molar-refractivity contribution in [3.63, 3.8) is 0 Å². The number of aromatic nitrogens is 1. The van der Waals surface area contributed by atoms with E-state index in [1.165, 1.54) is 63.5 Å². The zero-order valence-corrected chi connectivity index (χ0v) is 13.2. The lowest BCUT2D eigenvalue weighted by molar-refractivity contribution is -0.703. The van der Waals surface area contributed by atoms with Crippen molar-refractivity contribution in [1.82, 2.24) is 0 Å². The second kappa shape index (κ2) is 11.9. The Kier molecular flexibility index (Phi) is 10.2. The van der Waals surface area contributed by atoms with Gasteiger partial charge in [0, 0.05) is 32.1 Å². The quantitative estimate of drug-likeness (QED) is 0.450. The maximum atomic E-state index is 8.69. The topological polar surface area (TPSA) is 24.1 Å². The highest BCUT2D eigenvalue weighted by molar-refractivity contribution is 4.93. The molecule has 0 aliphatic rings. The molecule has 0 fully saturated rings. The van der Waals surface area contributed by atoms with Gasteiger partial charge in [0.2, 0.25) is 0 Å². The van der Waals surface area contributed by atoms with E-state index in [0.29, 0.717) is 6.61 Å². The summed E-state index contributed by atoms with van der Waals surface area (Å²) >= 11 is 0. The number of unbranched alkanes of at least 4 members (excludes halogenated alkanes) is 9. The maximum Gasteiger partial charge on any atom is 0.178 e. The first kappa shape index (κ1) is 17.2. The van der Waals surface area contributed by atoms with Crippen LogP contribution in [0.4, 0.5) is 0 Å². The molecule has 1 rings (SSSR count). The number of aryl methyl sites for hydroxylation is 2. The van der Waals surface area contributed by atoms with Crippen molar-refractivity contribution in [2.45, 2.75) is 77.7 Å². The minimum Gasteiger partial charge on any atom is -0.396 e. The summed E-state index contributed by atoms with van der Waals surface area (Å²) in [4.78, 5) is 0. The highest BCUT2D eigenvalue weighted by Gasteiger charge is 2.02. The molecule has 1 aromatic rings. The van der Waals surface area contributed by atoms with E-state index in [1.807, 2.05) is 0 Å². The van der Waals surface area contributed by atoms with Crippen molar-refractivity contribution < 1.29 is 9.67 Å². The number of hydrogen-bond donors (Lipinski definition) is 1. The zero-order valence-electron chi connectivity index (χ0n) is 13.2. The maximum absolute atomic E-state index is 8.69. The molecule has 1 heterocycles. The lowest BCUT2D eigenvalue weighted by Crippen LogP contribution is -2.36. The summed E-state index contributed by atoms with van der Waals surface area (Å²) in [6.07, 6.45) is 15.2. The van der Waals surface area contributed by atoms with Crippen molar-refractivity contribution in [3.8, 4) is 0 Å². The molecular formula is C18H32NO+. The molecule has 1 N–H and O–H groups in total. The van der Waals surface area contributed by atoms with Crippen molar-refractivity contribution in [2.24, 2.45) is 0 Å². The van der Waals surface area contributed by atoms with Crippen molar-refractivity contribution in [1.29, 1.82) is 0 Å². The van der Waals surface area contributed by atoms with Gasteiger partial charge in [-0.3, -0.25) is 0 Å². The predicted octanol–water partition coefficient (Wildman–Crippen LogP) is 4.18. The van der Waals surface area contributed by atoms with Crippen molar-refractivity contribution in [2.75, 3.05) is 6.61 Å². The van der Waals surface area contributed by atoms with Crippen LogP contribution >= 0.6 is 0 Å². The first-order valence-corrected chi connectivity index (χ1v) is 8.40. The SMILES string of the molecule is Cc1cccc[n+]1CCCCCCCCCCCCO. The molecule has 114 valence electrons. The van der Waals surface area contributed by atoms with Crippen LogP contribution in [0, 0.1) is 6.92 Å². The van der Waals surface area contributed by atoms with Crippen LogP contribution in [0.15, 0.2) is 24.4 Å². The summed E-state index contributed by atoms with van der Waals surface area (Å²) < 4.78 is 2.35. The van der Waals surface area contributed by atoms with Gasteiger partial charge in [-0.2, -0.15) is 0 Å². The average Bonchev–Trinajstić information content (AvgIpc) is 2.46. The Morgan fingerprint density at radius 3 is 1.90 bits per heavy atom. The van der Waals surface area contributed by atoms with Crippen LogP contribution in [0.25, 0.3) is 0 Å². The van der Waals surface area contributed by atoms with Gasteiger partial charge < -0.3 is 5.11 Å². The van der Waals surface area contributed by atoms with Crippen LogP contribution < -0.4 is 4.57 Å². The molecule has 2 nitrogen and oxygen atoms in total. The molecule has 2 heteroatoms. The number of pyridine rings is 1. The van der Waals surface area contributed by atoms with Gasteiger partial charge in [-0.1, -0.05) is 51.0 Å². The molecule has 20 heavy (non-hydrogen) atoms. The van der Waals surface area contributed by atoms with Crippen LogP contribution in [-0.4, -0.2) is 11.7 Å². The van der Waals surface area contributed by atoms with Gasteiger partial charge in [-0.15, -0.1) is 0 Å². The number of nitrogens with zero attached hydrogens (tertiary/aromatic N) is 1. The third-order valence-corrected chi connectivity index (χ3v) is 3.97. The van der Waals surface area contributed by atoms with Crippen molar-refractivity contribution in [3.05, 3.63) is 30.1 Å². The lowest BCUT2D eigenvalue weighted by atomic mass is 10.1. The third-order valence-electron chi connectivity index (χ3n) is 3.97. The van der Waals surface area contributed by atoms with Gasteiger partial charge in [-0.05, 0) is 12.8 Å². The zero-order chi connectivity index (χ0) is 14.5. The van der Waals surface area contributed by atoms with Crippen LogP contribution in [0.5, 0.6) is 0 Å². The van der Waals surface area contributed by atoms with Crippen LogP contribution in [0.2, 0.25) is 0 Å². The fourth-order valence-electron chi connectivity index (χ4n) is 2.62. The van der Waals surface area contributed by atoms with E-state index >= 15 is 0 Å². The lowest BCUT2D eigenvalue weighted by Gasteiger charge is -2.02. The van der Waals surface area contributed by atoms with E-state index in [2.05, 4.69) is 35.9 Å². The van der Waals surface area contributed by atoms with Gasteiger partial charge in [0.15, 0.2) is 11.9 Å². The Balaban J connectivity index is 1.87. The largest absolute Gasteiger partial charge is 0.396 e. The smallest absolute Gasteiger partial charge is 0.178 e. The summed E-state index contributed by atoms with van der Waals surface area (Å²) in [6.45, 7) is 3.70. The molecule has 0 aromatic carbocycles. The predicted molar refractivity (Wildman–Crippen MR) is 84.6 cm³/mol. The molecule has 0 spiro atoms. The number of aliphatic hydroxyl groups is 1. The molecule has 0 radical (unpaired) electrons. The molecule has 0 aliphatic heterocycles. The second-order valence-corrected chi connectivity index (χ2v) is 5.79. The fourth-order valence-corrected chi connectivity index (χ4v) is 2.62. The van der Waals surface area contributed by atoms with E-state index in [0.717, 1.165) is 13.0 Å². The molecule has 0 unspecified atom stereocenters. The molecule has 1 aromatic heterocycles. The Hall–Kier alpha value is -0.890. The Labute approximate surface area is 124 Å². The van der Waals surface area contributed by atoms with Gasteiger partial charge in [-0.25, -0.2) is 4.57 Å². The van der Waals surface area contributed by atoms with Gasteiger partial charge in [0.25, 0.3) is 0 Å². The third kappa shape index (κ3) is 8.31. The highest BCUT2D eigenvalue weighted by atomic mass is 16.2. The Morgan fingerprint density at radius 2 is 1.35 bits per heavy atom. The summed E-state index contributed by atoms with van der Waals surface area (Å²) in [5.41, 5.74) is 1.36. The standard InChI is InChI=1S/C18H32NO/c1-18-14-10-12-16-19(18)15-11-8-6-4-2-3-5-7-9-13-17-20/h10,12,14,16,20H,2-9,11,13,15,17H2,1H3/q+1. The van der Waals surface area contributed by atoms with Crippen LogP contribution in [0.1, 0.15) is 69.9 Å². The average molecular weight is 278 g/mol. The number of hydrogen-bond acceptors (Lipinski definition) is 1. The summed E-state index contributed by atoms with van der Waals surface area (Å²) in [7, 11) is 0. The summed E-state index contributed by atoms with van der Waals surface area (Å²) in [5.74, 6) is 0. The van der Waals surface area contributed by atoms with E-state index in [1.54, 1.807) is 0 Å². The minimum atomic E-state index is 0.360. The molecular weight excluding hydrogens is 246 g/mol. The van der Waals surface area contributed by atoms with Crippen molar-refractivity contribution >= 4 is 0 Å². The van der Waals surface area contributed by atoms with Crippen LogP contribution in [-0.2, 0) is 6.54 Å². The molecule has 0 saturated heterocycles.